The van der Waals surface area contributed by atoms with Crippen molar-refractivity contribution in [2.24, 2.45) is 10.4 Å². The van der Waals surface area contributed by atoms with Crippen molar-refractivity contribution in [2.45, 2.75) is 52.4 Å². The highest BCUT2D eigenvalue weighted by atomic mass is 127. The summed E-state index contributed by atoms with van der Waals surface area (Å²) in [5.41, 5.74) is 1.66. The molecule has 1 heterocycles. The van der Waals surface area contributed by atoms with Gasteiger partial charge in [0.2, 0.25) is 0 Å². The first-order valence-electron chi connectivity index (χ1n) is 8.03. The van der Waals surface area contributed by atoms with Gasteiger partial charge in [-0.05, 0) is 31.6 Å². The zero-order valence-electron chi connectivity index (χ0n) is 13.9. The molecule has 0 radical (unpaired) electrons. The zero-order valence-corrected chi connectivity index (χ0v) is 17.1. The topological polar surface area (TPSA) is 49.3 Å². The average Bonchev–Trinajstić information content (AvgIpc) is 3.12. The zero-order chi connectivity index (χ0) is 15.1. The molecule has 1 saturated carbocycles. The molecule has 0 saturated heterocycles. The van der Waals surface area contributed by atoms with Gasteiger partial charge in [-0.1, -0.05) is 19.8 Å². The van der Waals surface area contributed by atoms with Gasteiger partial charge in [0.15, 0.2) is 5.96 Å². The molecule has 0 amide bonds. The molecule has 1 aliphatic carbocycles. The first kappa shape index (κ1) is 19.7. The Labute approximate surface area is 155 Å². The van der Waals surface area contributed by atoms with Crippen LogP contribution in [0.2, 0.25) is 0 Å². The number of nitrogens with zero attached hydrogens (tertiary/aromatic N) is 2. The molecule has 6 heteroatoms. The maximum absolute atomic E-state index is 4.48. The van der Waals surface area contributed by atoms with Crippen LogP contribution in [0.4, 0.5) is 0 Å². The van der Waals surface area contributed by atoms with Gasteiger partial charge in [-0.15, -0.1) is 35.3 Å². The highest BCUT2D eigenvalue weighted by Crippen LogP contribution is 2.40. The Morgan fingerprint density at radius 2 is 2.09 bits per heavy atom. The van der Waals surface area contributed by atoms with E-state index in [9.17, 15) is 0 Å². The van der Waals surface area contributed by atoms with Gasteiger partial charge in [0.1, 0.15) is 0 Å². The van der Waals surface area contributed by atoms with E-state index in [1.807, 2.05) is 14.0 Å². The molecule has 0 unspecified atom stereocenters. The van der Waals surface area contributed by atoms with E-state index < -0.39 is 0 Å². The minimum Gasteiger partial charge on any atom is -0.356 e. The summed E-state index contributed by atoms with van der Waals surface area (Å²) in [7, 11) is 1.84. The molecule has 0 aliphatic heterocycles. The third kappa shape index (κ3) is 5.68. The first-order valence-corrected chi connectivity index (χ1v) is 8.91. The number of aromatic nitrogens is 1. The van der Waals surface area contributed by atoms with E-state index in [0.29, 0.717) is 5.41 Å². The van der Waals surface area contributed by atoms with E-state index in [-0.39, 0.29) is 24.0 Å². The van der Waals surface area contributed by atoms with Crippen molar-refractivity contribution in [1.29, 1.82) is 0 Å². The predicted molar refractivity (Wildman–Crippen MR) is 107 cm³/mol. The largest absolute Gasteiger partial charge is 0.356 e. The van der Waals surface area contributed by atoms with E-state index in [4.69, 9.17) is 0 Å². The fraction of sp³-hybridized carbons (Fsp3) is 0.750. The van der Waals surface area contributed by atoms with E-state index in [0.717, 1.165) is 30.5 Å². The number of thiazole rings is 1. The number of guanidine groups is 1. The first-order chi connectivity index (χ1) is 10.2. The van der Waals surface area contributed by atoms with Crippen LogP contribution in [0.15, 0.2) is 10.4 Å². The normalized spacial score (nSPS) is 17.1. The number of aryl methyl sites for hydroxylation is 1. The van der Waals surface area contributed by atoms with Gasteiger partial charge in [0, 0.05) is 31.9 Å². The molecule has 0 aromatic carbocycles. The molecule has 0 atom stereocenters. The lowest BCUT2D eigenvalue weighted by atomic mass is 9.83. The van der Waals surface area contributed by atoms with Crippen molar-refractivity contribution in [3.8, 4) is 0 Å². The van der Waals surface area contributed by atoms with Crippen LogP contribution in [0.1, 0.15) is 49.7 Å². The molecule has 126 valence electrons. The lowest BCUT2D eigenvalue weighted by molar-refractivity contribution is 0.283. The predicted octanol–water partition coefficient (Wildman–Crippen LogP) is 3.75. The SMILES string of the molecule is CCC1(CNC(=NC)NCCc2csc(C)n2)CCCC1.I. The van der Waals surface area contributed by atoms with Gasteiger partial charge in [-0.2, -0.15) is 0 Å². The van der Waals surface area contributed by atoms with Crippen LogP contribution in [0.25, 0.3) is 0 Å². The summed E-state index contributed by atoms with van der Waals surface area (Å²) in [6.45, 7) is 6.28. The van der Waals surface area contributed by atoms with Crippen LogP contribution in [0, 0.1) is 12.3 Å². The van der Waals surface area contributed by atoms with E-state index >= 15 is 0 Å². The molecule has 4 nitrogen and oxygen atoms in total. The van der Waals surface area contributed by atoms with Gasteiger partial charge >= 0.3 is 0 Å². The van der Waals surface area contributed by atoms with E-state index in [2.05, 4.69) is 32.9 Å². The number of rotatable bonds is 6. The second kappa shape index (κ2) is 9.70. The number of aliphatic imine (C=N–C) groups is 1. The molecule has 2 N–H and O–H groups in total. The van der Waals surface area contributed by atoms with Crippen LogP contribution in [-0.2, 0) is 6.42 Å². The van der Waals surface area contributed by atoms with Crippen LogP contribution >= 0.6 is 35.3 Å². The highest BCUT2D eigenvalue weighted by molar-refractivity contribution is 14.0. The van der Waals surface area contributed by atoms with Gasteiger partial charge in [0.25, 0.3) is 0 Å². The monoisotopic (exact) mass is 436 g/mol. The Morgan fingerprint density at radius 1 is 1.36 bits per heavy atom. The summed E-state index contributed by atoms with van der Waals surface area (Å²) in [5.74, 6) is 0.918. The minimum atomic E-state index is 0. The molecule has 0 bridgehead atoms. The van der Waals surface area contributed by atoms with Crippen molar-refractivity contribution >= 4 is 41.3 Å². The van der Waals surface area contributed by atoms with Gasteiger partial charge in [0.05, 0.1) is 10.7 Å². The third-order valence-corrected chi connectivity index (χ3v) is 5.43. The fourth-order valence-corrected chi connectivity index (χ4v) is 3.75. The highest BCUT2D eigenvalue weighted by Gasteiger charge is 2.31. The number of hydrogen-bond donors (Lipinski definition) is 2. The van der Waals surface area contributed by atoms with Crippen molar-refractivity contribution in [3.63, 3.8) is 0 Å². The number of halogens is 1. The van der Waals surface area contributed by atoms with Gasteiger partial charge in [-0.25, -0.2) is 4.98 Å². The fourth-order valence-electron chi connectivity index (χ4n) is 3.10. The van der Waals surface area contributed by atoms with Crippen molar-refractivity contribution in [1.82, 2.24) is 15.6 Å². The smallest absolute Gasteiger partial charge is 0.191 e. The quantitative estimate of drug-likeness (QED) is 0.406. The van der Waals surface area contributed by atoms with Crippen molar-refractivity contribution in [3.05, 3.63) is 16.1 Å². The Bertz CT molecular complexity index is 466. The molecular weight excluding hydrogens is 407 g/mol. The Balaban J connectivity index is 0.00000242. The minimum absolute atomic E-state index is 0. The Kier molecular flexibility index (Phi) is 8.67. The maximum Gasteiger partial charge on any atom is 0.191 e. The maximum atomic E-state index is 4.48. The van der Waals surface area contributed by atoms with Crippen LogP contribution in [-0.4, -0.2) is 31.1 Å². The lowest BCUT2D eigenvalue weighted by Crippen LogP contribution is -2.43. The van der Waals surface area contributed by atoms with Crippen LogP contribution in [0.3, 0.4) is 0 Å². The summed E-state index contributed by atoms with van der Waals surface area (Å²) in [5, 5.41) is 10.2. The second-order valence-corrected chi connectivity index (χ2v) is 7.08. The molecule has 1 fully saturated rings. The van der Waals surface area contributed by atoms with Crippen LogP contribution in [0.5, 0.6) is 0 Å². The van der Waals surface area contributed by atoms with Crippen molar-refractivity contribution < 1.29 is 0 Å². The summed E-state index contributed by atoms with van der Waals surface area (Å²) >= 11 is 1.71. The Morgan fingerprint density at radius 3 is 2.64 bits per heavy atom. The van der Waals surface area contributed by atoms with E-state index in [1.165, 1.54) is 37.8 Å². The average molecular weight is 436 g/mol. The summed E-state index contributed by atoms with van der Waals surface area (Å²) in [6, 6.07) is 0. The molecule has 22 heavy (non-hydrogen) atoms. The second-order valence-electron chi connectivity index (χ2n) is 6.02. The molecule has 1 aromatic rings. The summed E-state index contributed by atoms with van der Waals surface area (Å²) in [6.07, 6.45) is 7.67. The van der Waals surface area contributed by atoms with Gasteiger partial charge in [-0.3, -0.25) is 4.99 Å². The summed E-state index contributed by atoms with van der Waals surface area (Å²) in [4.78, 5) is 8.81. The van der Waals surface area contributed by atoms with Crippen LogP contribution < -0.4 is 10.6 Å². The van der Waals surface area contributed by atoms with E-state index in [1.54, 1.807) is 11.3 Å². The molecule has 1 aromatic heterocycles. The standard InChI is InChI=1S/C16H28N4S.HI/c1-4-16(8-5-6-9-16)12-19-15(17-3)18-10-7-14-11-21-13(2)20-14;/h11H,4-10,12H2,1-3H3,(H2,17,18,19);1H. The number of hydrogen-bond acceptors (Lipinski definition) is 3. The third-order valence-electron chi connectivity index (χ3n) is 4.61. The summed E-state index contributed by atoms with van der Waals surface area (Å²) < 4.78 is 0. The molecule has 2 rings (SSSR count). The Hall–Kier alpha value is -0.370. The molecule has 1 aliphatic rings. The van der Waals surface area contributed by atoms with Gasteiger partial charge < -0.3 is 10.6 Å². The number of nitrogens with one attached hydrogen (secondary N) is 2. The lowest BCUT2D eigenvalue weighted by Gasteiger charge is -2.28. The van der Waals surface area contributed by atoms with Crippen molar-refractivity contribution in [2.75, 3.05) is 20.1 Å². The molecular formula is C16H29IN4S. The molecule has 0 spiro atoms.